The number of nitrogens with one attached hydrogen (secondary N) is 1. The maximum Gasteiger partial charge on any atom is 0.174 e. The third kappa shape index (κ3) is 3.53. The summed E-state index contributed by atoms with van der Waals surface area (Å²) in [5.74, 6) is -1.66. The summed E-state index contributed by atoms with van der Waals surface area (Å²) >= 11 is 6.08. The number of H-pyrrole nitrogens is 1. The fourth-order valence-corrected chi connectivity index (χ4v) is 3.37. The van der Waals surface area contributed by atoms with Crippen LogP contribution in [0.5, 0.6) is 0 Å². The molecule has 0 amide bonds. The predicted octanol–water partition coefficient (Wildman–Crippen LogP) is 6.31. The van der Waals surface area contributed by atoms with E-state index in [4.69, 9.17) is 17.3 Å². The van der Waals surface area contributed by atoms with E-state index in [9.17, 15) is 14.0 Å². The molecule has 4 nitrogen and oxygen atoms in total. The first-order valence-electron chi connectivity index (χ1n) is 8.92. The molecule has 0 aliphatic heterocycles. The van der Waals surface area contributed by atoms with Crippen molar-refractivity contribution in [3.63, 3.8) is 0 Å². The summed E-state index contributed by atoms with van der Waals surface area (Å²) in [6.07, 6.45) is 1.55. The van der Waals surface area contributed by atoms with E-state index in [2.05, 4.69) is 9.97 Å². The highest BCUT2D eigenvalue weighted by Gasteiger charge is 2.23. The van der Waals surface area contributed by atoms with Gasteiger partial charge in [0.05, 0.1) is 21.8 Å². The summed E-state index contributed by atoms with van der Waals surface area (Å²) in [7, 11) is 0. The number of anilines is 1. The Morgan fingerprint density at radius 1 is 1.14 bits per heavy atom. The molecule has 4 aromatic rings. The molecule has 0 spiro atoms. The third-order valence-corrected chi connectivity index (χ3v) is 4.60. The molecule has 146 valence electrons. The van der Waals surface area contributed by atoms with Crippen LogP contribution >= 0.6 is 11.6 Å². The van der Waals surface area contributed by atoms with Crippen molar-refractivity contribution < 1.29 is 8.78 Å². The molecule has 0 aliphatic carbocycles. The van der Waals surface area contributed by atoms with Gasteiger partial charge in [-0.2, -0.15) is 5.26 Å². The Morgan fingerprint density at radius 2 is 1.83 bits per heavy atom. The molecule has 0 atom stereocenters. The number of halogens is 3. The highest BCUT2D eigenvalue weighted by molar-refractivity contribution is 6.35. The number of hydrogen-bond acceptors (Lipinski definition) is 3. The van der Waals surface area contributed by atoms with Crippen LogP contribution in [-0.4, -0.2) is 9.97 Å². The fourth-order valence-electron chi connectivity index (χ4n) is 3.11. The highest BCUT2D eigenvalue weighted by Crippen LogP contribution is 2.39. The van der Waals surface area contributed by atoms with Gasteiger partial charge in [-0.25, -0.2) is 13.8 Å². The van der Waals surface area contributed by atoms with Gasteiger partial charge < -0.3 is 10.7 Å². The SMILES string of the molecule is CC.N#Cc1c(-c2c[nH]c3c(Cl)cc(F)cc23)nc(N)c(F)c1-c1ccccc1. The lowest BCUT2D eigenvalue weighted by atomic mass is 9.95. The Hall–Kier alpha value is -3.43. The first-order chi connectivity index (χ1) is 14.0. The number of pyridine rings is 1. The summed E-state index contributed by atoms with van der Waals surface area (Å²) in [6, 6.07) is 13.1. The zero-order valence-corrected chi connectivity index (χ0v) is 16.5. The fraction of sp³-hybridized carbons (Fsp3) is 0.0909. The minimum Gasteiger partial charge on any atom is -0.381 e. The molecule has 0 aliphatic rings. The van der Waals surface area contributed by atoms with E-state index in [1.165, 1.54) is 12.1 Å². The Kier molecular flexibility index (Phi) is 5.81. The van der Waals surface area contributed by atoms with Crippen molar-refractivity contribution in [3.05, 3.63) is 70.9 Å². The van der Waals surface area contributed by atoms with Gasteiger partial charge in [-0.05, 0) is 17.7 Å². The van der Waals surface area contributed by atoms with Crippen LogP contribution in [0, 0.1) is 23.0 Å². The average molecular weight is 411 g/mol. The van der Waals surface area contributed by atoms with E-state index in [-0.39, 0.29) is 27.7 Å². The van der Waals surface area contributed by atoms with Gasteiger partial charge in [0.1, 0.15) is 11.9 Å². The van der Waals surface area contributed by atoms with Crippen LogP contribution in [0.4, 0.5) is 14.6 Å². The second-order valence-electron chi connectivity index (χ2n) is 5.90. The molecule has 0 saturated heterocycles. The molecule has 2 aromatic heterocycles. The Balaban J connectivity index is 0.00000117. The molecule has 0 unspecified atom stereocenters. The summed E-state index contributed by atoms with van der Waals surface area (Å²) in [5.41, 5.74) is 7.39. The zero-order valence-electron chi connectivity index (χ0n) is 15.7. The second-order valence-corrected chi connectivity index (χ2v) is 6.31. The topological polar surface area (TPSA) is 78.5 Å². The monoisotopic (exact) mass is 410 g/mol. The molecule has 3 N–H and O–H groups in total. The molecular weight excluding hydrogens is 394 g/mol. The van der Waals surface area contributed by atoms with Crippen LogP contribution in [0.2, 0.25) is 5.02 Å². The molecule has 2 heterocycles. The minimum absolute atomic E-state index is 0.00850. The lowest BCUT2D eigenvalue weighted by Gasteiger charge is -2.12. The van der Waals surface area contributed by atoms with E-state index in [1.807, 2.05) is 19.9 Å². The second kappa shape index (κ2) is 8.29. The van der Waals surface area contributed by atoms with Gasteiger partial charge in [-0.1, -0.05) is 55.8 Å². The Labute approximate surface area is 171 Å². The van der Waals surface area contributed by atoms with Crippen molar-refractivity contribution >= 4 is 28.3 Å². The van der Waals surface area contributed by atoms with E-state index in [0.717, 1.165) is 0 Å². The first kappa shape index (κ1) is 20.3. The number of rotatable bonds is 2. The van der Waals surface area contributed by atoms with Crippen molar-refractivity contribution in [2.75, 3.05) is 5.73 Å². The largest absolute Gasteiger partial charge is 0.381 e. The number of benzene rings is 2. The summed E-state index contributed by atoms with van der Waals surface area (Å²) in [6.45, 7) is 4.00. The van der Waals surface area contributed by atoms with Crippen LogP contribution in [0.3, 0.4) is 0 Å². The van der Waals surface area contributed by atoms with Gasteiger partial charge in [0.15, 0.2) is 11.6 Å². The lowest BCUT2D eigenvalue weighted by molar-refractivity contribution is 0.629. The number of hydrogen-bond donors (Lipinski definition) is 2. The number of aromatic nitrogens is 2. The number of fused-ring (bicyclic) bond motifs is 1. The van der Waals surface area contributed by atoms with Crippen LogP contribution < -0.4 is 5.73 Å². The predicted molar refractivity (Wildman–Crippen MR) is 112 cm³/mol. The minimum atomic E-state index is -0.773. The van der Waals surface area contributed by atoms with E-state index in [1.54, 1.807) is 36.5 Å². The molecule has 2 aromatic carbocycles. The maximum atomic E-state index is 14.8. The normalized spacial score (nSPS) is 10.3. The molecule has 7 heteroatoms. The van der Waals surface area contributed by atoms with Gasteiger partial charge in [0, 0.05) is 22.7 Å². The van der Waals surface area contributed by atoms with Gasteiger partial charge in [0.25, 0.3) is 0 Å². The standard InChI is InChI=1S/C20H11ClF2N4.C2H6/c21-15-7-11(22)6-12-14(9-26-19(12)15)18-13(8-24)16(17(23)20(25)27-18)10-4-2-1-3-5-10;1-2/h1-7,9,26H,(H2,25,27);1-2H3. The lowest BCUT2D eigenvalue weighted by Crippen LogP contribution is -2.03. The summed E-state index contributed by atoms with van der Waals surface area (Å²) in [4.78, 5) is 7.02. The first-order valence-corrected chi connectivity index (χ1v) is 9.30. The van der Waals surface area contributed by atoms with Crippen LogP contribution in [-0.2, 0) is 0 Å². The summed E-state index contributed by atoms with van der Waals surface area (Å²) < 4.78 is 28.6. The van der Waals surface area contributed by atoms with E-state index < -0.39 is 11.6 Å². The zero-order chi connectivity index (χ0) is 21.1. The molecule has 0 bridgehead atoms. The number of nitriles is 1. The van der Waals surface area contributed by atoms with Crippen LogP contribution in [0.25, 0.3) is 33.3 Å². The van der Waals surface area contributed by atoms with Crippen molar-refractivity contribution in [2.45, 2.75) is 13.8 Å². The van der Waals surface area contributed by atoms with Gasteiger partial charge in [-0.15, -0.1) is 0 Å². The number of nitrogens with two attached hydrogens (primary N) is 1. The number of nitrogen functional groups attached to an aromatic ring is 1. The molecule has 4 rings (SSSR count). The number of nitrogens with zero attached hydrogens (tertiary/aromatic N) is 2. The smallest absolute Gasteiger partial charge is 0.174 e. The molecular formula is C22H17ClF2N4. The van der Waals surface area contributed by atoms with Crippen LogP contribution in [0.15, 0.2) is 48.7 Å². The molecule has 0 radical (unpaired) electrons. The van der Waals surface area contributed by atoms with Gasteiger partial charge >= 0.3 is 0 Å². The van der Waals surface area contributed by atoms with Crippen molar-refractivity contribution in [2.24, 2.45) is 0 Å². The quantitative estimate of drug-likeness (QED) is 0.406. The van der Waals surface area contributed by atoms with E-state index in [0.29, 0.717) is 22.0 Å². The van der Waals surface area contributed by atoms with Crippen molar-refractivity contribution in [1.82, 2.24) is 9.97 Å². The van der Waals surface area contributed by atoms with Gasteiger partial charge in [-0.3, -0.25) is 0 Å². The summed E-state index contributed by atoms with van der Waals surface area (Å²) in [5, 5.41) is 10.4. The van der Waals surface area contributed by atoms with E-state index >= 15 is 0 Å². The van der Waals surface area contributed by atoms with Crippen molar-refractivity contribution in [1.29, 1.82) is 5.26 Å². The average Bonchev–Trinajstić information content (AvgIpc) is 3.15. The maximum absolute atomic E-state index is 14.8. The Bertz CT molecular complexity index is 1230. The third-order valence-electron chi connectivity index (χ3n) is 4.30. The van der Waals surface area contributed by atoms with Crippen LogP contribution in [0.1, 0.15) is 19.4 Å². The number of aromatic amines is 1. The van der Waals surface area contributed by atoms with Crippen molar-refractivity contribution in [3.8, 4) is 28.5 Å². The Morgan fingerprint density at radius 3 is 2.48 bits per heavy atom. The van der Waals surface area contributed by atoms with Gasteiger partial charge in [0.2, 0.25) is 0 Å². The molecule has 0 fully saturated rings. The highest BCUT2D eigenvalue weighted by atomic mass is 35.5. The molecule has 0 saturated carbocycles. The molecule has 29 heavy (non-hydrogen) atoms.